The van der Waals surface area contributed by atoms with E-state index in [0.717, 1.165) is 0 Å². The zero-order valence-electron chi connectivity index (χ0n) is 17.2. The van der Waals surface area contributed by atoms with Crippen LogP contribution in [-0.2, 0) is 10.8 Å². The molecule has 0 bridgehead atoms. The molecule has 25 heavy (non-hydrogen) atoms. The van der Waals surface area contributed by atoms with Crippen LogP contribution in [0.5, 0.6) is 0 Å². The molecule has 2 heteroatoms. The van der Waals surface area contributed by atoms with Gasteiger partial charge in [0.05, 0.1) is 6.67 Å². The number of aryl methyl sites for hydroxylation is 2. The van der Waals surface area contributed by atoms with Gasteiger partial charge in [-0.05, 0) is 46.9 Å². The molecule has 0 aliphatic carbocycles. The van der Waals surface area contributed by atoms with Crippen LogP contribution in [0.4, 0.5) is 11.4 Å². The Morgan fingerprint density at radius 2 is 1.00 bits per heavy atom. The van der Waals surface area contributed by atoms with Crippen LogP contribution in [-0.4, -0.2) is 6.67 Å². The van der Waals surface area contributed by atoms with E-state index in [4.69, 9.17) is 0 Å². The van der Waals surface area contributed by atoms with E-state index in [-0.39, 0.29) is 10.8 Å². The van der Waals surface area contributed by atoms with Crippen molar-refractivity contribution in [1.82, 2.24) is 0 Å². The molecule has 0 radical (unpaired) electrons. The van der Waals surface area contributed by atoms with E-state index in [0.29, 0.717) is 6.67 Å². The van der Waals surface area contributed by atoms with Crippen molar-refractivity contribution in [3.05, 3.63) is 58.7 Å². The van der Waals surface area contributed by atoms with Crippen LogP contribution in [0.25, 0.3) is 0 Å². The Morgan fingerprint density at radius 3 is 1.32 bits per heavy atom. The van der Waals surface area contributed by atoms with Crippen molar-refractivity contribution >= 4 is 11.4 Å². The zero-order valence-corrected chi connectivity index (χ0v) is 17.2. The Kier molecular flexibility index (Phi) is 5.51. The zero-order chi connectivity index (χ0) is 18.8. The fourth-order valence-electron chi connectivity index (χ4n) is 3.28. The molecule has 0 aliphatic heterocycles. The van der Waals surface area contributed by atoms with E-state index < -0.39 is 0 Å². The first-order valence-electron chi connectivity index (χ1n) is 9.20. The molecular weight excluding hydrogens is 304 g/mol. The largest absolute Gasteiger partial charge is 0.367 e. The van der Waals surface area contributed by atoms with Gasteiger partial charge in [0.15, 0.2) is 0 Å². The topological polar surface area (TPSA) is 24.1 Å². The summed E-state index contributed by atoms with van der Waals surface area (Å²) >= 11 is 0. The fourth-order valence-corrected chi connectivity index (χ4v) is 3.28. The summed E-state index contributed by atoms with van der Waals surface area (Å²) in [5.41, 5.74) is 8.01. The predicted octanol–water partition coefficient (Wildman–Crippen LogP) is 6.38. The maximum atomic E-state index is 3.63. The second kappa shape index (κ2) is 7.11. The SMILES string of the molecule is Cc1cccc(C(C)(C)C)c1NCNc1c(C)cccc1C(C)(C)C. The summed E-state index contributed by atoms with van der Waals surface area (Å²) in [7, 11) is 0. The number of hydrogen-bond donors (Lipinski definition) is 2. The van der Waals surface area contributed by atoms with Gasteiger partial charge in [-0.3, -0.25) is 0 Å². The maximum Gasteiger partial charge on any atom is 0.0849 e. The number of hydrogen-bond acceptors (Lipinski definition) is 2. The van der Waals surface area contributed by atoms with E-state index in [9.17, 15) is 0 Å². The summed E-state index contributed by atoms with van der Waals surface area (Å²) in [5, 5.41) is 7.26. The Balaban J connectivity index is 2.24. The van der Waals surface area contributed by atoms with Gasteiger partial charge in [-0.15, -0.1) is 0 Å². The Morgan fingerprint density at radius 1 is 0.640 bits per heavy atom. The van der Waals surface area contributed by atoms with E-state index >= 15 is 0 Å². The third-order valence-electron chi connectivity index (χ3n) is 4.69. The van der Waals surface area contributed by atoms with Crippen LogP contribution in [0.15, 0.2) is 36.4 Å². The average Bonchev–Trinajstić information content (AvgIpc) is 2.48. The minimum Gasteiger partial charge on any atom is -0.367 e. The molecule has 0 fully saturated rings. The fraction of sp³-hybridized carbons (Fsp3) is 0.478. The smallest absolute Gasteiger partial charge is 0.0849 e. The van der Waals surface area contributed by atoms with Crippen LogP contribution in [0.2, 0.25) is 0 Å². The van der Waals surface area contributed by atoms with E-state index in [1.807, 2.05) is 0 Å². The molecule has 136 valence electrons. The second-order valence-electron chi connectivity index (χ2n) is 9.03. The molecule has 0 saturated carbocycles. The van der Waals surface area contributed by atoms with Gasteiger partial charge in [-0.1, -0.05) is 77.9 Å². The number of para-hydroxylation sites is 2. The number of nitrogens with one attached hydrogen (secondary N) is 2. The van der Waals surface area contributed by atoms with Gasteiger partial charge in [0.1, 0.15) is 0 Å². The summed E-state index contributed by atoms with van der Waals surface area (Å²) in [6.45, 7) is 18.6. The summed E-state index contributed by atoms with van der Waals surface area (Å²) in [4.78, 5) is 0. The highest BCUT2D eigenvalue weighted by Gasteiger charge is 2.20. The first kappa shape index (κ1) is 19.4. The minimum absolute atomic E-state index is 0.119. The van der Waals surface area contributed by atoms with Crippen LogP contribution in [0, 0.1) is 13.8 Å². The highest BCUT2D eigenvalue weighted by Crippen LogP contribution is 2.33. The molecule has 2 aromatic carbocycles. The van der Waals surface area contributed by atoms with Gasteiger partial charge < -0.3 is 10.6 Å². The molecule has 2 rings (SSSR count). The lowest BCUT2D eigenvalue weighted by Crippen LogP contribution is -2.21. The van der Waals surface area contributed by atoms with Crippen molar-refractivity contribution in [2.75, 3.05) is 17.3 Å². The molecule has 0 aliphatic rings. The van der Waals surface area contributed by atoms with Gasteiger partial charge >= 0.3 is 0 Å². The highest BCUT2D eigenvalue weighted by atomic mass is 15.1. The Labute approximate surface area is 154 Å². The molecule has 0 unspecified atom stereocenters. The summed E-state index contributed by atoms with van der Waals surface area (Å²) in [5.74, 6) is 0. The van der Waals surface area contributed by atoms with Gasteiger partial charge in [-0.2, -0.15) is 0 Å². The first-order valence-corrected chi connectivity index (χ1v) is 9.20. The van der Waals surface area contributed by atoms with E-state index in [1.165, 1.54) is 33.6 Å². The number of anilines is 2. The van der Waals surface area contributed by atoms with Crippen molar-refractivity contribution < 1.29 is 0 Å². The lowest BCUT2D eigenvalue weighted by molar-refractivity contribution is 0.590. The monoisotopic (exact) mass is 338 g/mol. The van der Waals surface area contributed by atoms with E-state index in [1.54, 1.807) is 0 Å². The summed E-state index contributed by atoms with van der Waals surface area (Å²) in [6.07, 6.45) is 0. The van der Waals surface area contributed by atoms with Crippen molar-refractivity contribution in [2.24, 2.45) is 0 Å². The average molecular weight is 339 g/mol. The van der Waals surface area contributed by atoms with Crippen molar-refractivity contribution in [3.8, 4) is 0 Å². The normalized spacial score (nSPS) is 12.2. The third-order valence-corrected chi connectivity index (χ3v) is 4.69. The molecule has 2 nitrogen and oxygen atoms in total. The molecular formula is C23H34N2. The third kappa shape index (κ3) is 4.56. The van der Waals surface area contributed by atoms with Crippen LogP contribution in [0.1, 0.15) is 63.8 Å². The molecule has 2 N–H and O–H groups in total. The van der Waals surface area contributed by atoms with Gasteiger partial charge in [-0.25, -0.2) is 0 Å². The lowest BCUT2D eigenvalue weighted by atomic mass is 9.84. The summed E-state index contributed by atoms with van der Waals surface area (Å²) in [6, 6.07) is 13.1. The summed E-state index contributed by atoms with van der Waals surface area (Å²) < 4.78 is 0. The van der Waals surface area contributed by atoms with Gasteiger partial charge in [0.25, 0.3) is 0 Å². The van der Waals surface area contributed by atoms with Gasteiger partial charge in [0, 0.05) is 11.4 Å². The maximum absolute atomic E-state index is 3.63. The predicted molar refractivity (Wildman–Crippen MR) is 112 cm³/mol. The molecule has 0 aromatic heterocycles. The van der Waals surface area contributed by atoms with Crippen molar-refractivity contribution in [3.63, 3.8) is 0 Å². The molecule has 0 heterocycles. The molecule has 0 atom stereocenters. The Bertz CT molecular complexity index is 667. The standard InChI is InChI=1S/C23H34N2/c1-16-11-9-13-18(22(3,4)5)20(16)24-15-25-21-17(2)12-10-14-19(21)23(6,7)8/h9-14,24-25H,15H2,1-8H3. The molecule has 0 amide bonds. The molecule has 2 aromatic rings. The van der Waals surface area contributed by atoms with Crippen molar-refractivity contribution in [1.29, 1.82) is 0 Å². The highest BCUT2D eigenvalue weighted by molar-refractivity contribution is 5.63. The number of rotatable bonds is 4. The molecule has 0 saturated heterocycles. The van der Waals surface area contributed by atoms with Gasteiger partial charge in [0.2, 0.25) is 0 Å². The van der Waals surface area contributed by atoms with Crippen LogP contribution >= 0.6 is 0 Å². The first-order chi connectivity index (χ1) is 11.5. The van der Waals surface area contributed by atoms with E-state index in [2.05, 4.69) is 102 Å². The number of benzene rings is 2. The van der Waals surface area contributed by atoms with Crippen LogP contribution < -0.4 is 10.6 Å². The minimum atomic E-state index is 0.119. The second-order valence-corrected chi connectivity index (χ2v) is 9.03. The quantitative estimate of drug-likeness (QED) is 0.632. The Hall–Kier alpha value is -1.96. The van der Waals surface area contributed by atoms with Crippen LogP contribution in [0.3, 0.4) is 0 Å². The molecule has 0 spiro atoms. The van der Waals surface area contributed by atoms with Crippen molar-refractivity contribution in [2.45, 2.75) is 66.2 Å². The lowest BCUT2D eigenvalue weighted by Gasteiger charge is -2.27.